The van der Waals surface area contributed by atoms with E-state index in [2.05, 4.69) is 22.2 Å². The first-order valence-electron chi connectivity index (χ1n) is 6.00. The minimum atomic E-state index is -0.0483. The number of hydrogen-bond donors (Lipinski definition) is 0. The highest BCUT2D eigenvalue weighted by Gasteiger charge is 2.15. The molecule has 0 unspecified atom stereocenters. The van der Waals surface area contributed by atoms with Crippen molar-refractivity contribution in [2.45, 2.75) is 33.7 Å². The Morgan fingerprint density at radius 1 is 1.33 bits per heavy atom. The molecule has 2 heterocycles. The van der Waals surface area contributed by atoms with E-state index >= 15 is 0 Å². The third-order valence-electron chi connectivity index (χ3n) is 2.69. The summed E-state index contributed by atoms with van der Waals surface area (Å²) in [6.07, 6.45) is 4.37. The van der Waals surface area contributed by atoms with Crippen LogP contribution in [0.2, 0.25) is 0 Å². The van der Waals surface area contributed by atoms with Gasteiger partial charge >= 0.3 is 0 Å². The fourth-order valence-electron chi connectivity index (χ4n) is 1.77. The third-order valence-corrected chi connectivity index (χ3v) is 2.69. The minimum Gasteiger partial charge on any atom is -0.288 e. The summed E-state index contributed by atoms with van der Waals surface area (Å²) in [5.41, 5.74) is 2.58. The van der Waals surface area contributed by atoms with E-state index in [-0.39, 0.29) is 5.78 Å². The lowest BCUT2D eigenvalue weighted by molar-refractivity contribution is 0.103. The van der Waals surface area contributed by atoms with Crippen LogP contribution in [0.4, 0.5) is 0 Å². The van der Waals surface area contributed by atoms with Gasteiger partial charge in [0.1, 0.15) is 0 Å². The van der Waals surface area contributed by atoms with Gasteiger partial charge in [-0.25, -0.2) is 0 Å². The van der Waals surface area contributed by atoms with Crippen LogP contribution in [0.5, 0.6) is 0 Å². The third kappa shape index (κ3) is 2.45. The second-order valence-corrected chi connectivity index (χ2v) is 4.31. The number of hydrogen-bond acceptors (Lipinski definition) is 4. The maximum absolute atomic E-state index is 12.3. The molecule has 0 fully saturated rings. The minimum absolute atomic E-state index is 0.0483. The molecule has 0 saturated carbocycles. The highest BCUT2D eigenvalue weighted by molar-refractivity contribution is 6.09. The predicted octanol–water partition coefficient (Wildman–Crippen LogP) is 1.93. The number of aryl methyl sites for hydroxylation is 3. The van der Waals surface area contributed by atoms with Gasteiger partial charge in [-0.1, -0.05) is 6.92 Å². The van der Waals surface area contributed by atoms with E-state index in [0.29, 0.717) is 16.8 Å². The van der Waals surface area contributed by atoms with Crippen molar-refractivity contribution in [1.29, 1.82) is 0 Å². The first-order valence-corrected chi connectivity index (χ1v) is 6.00. The van der Waals surface area contributed by atoms with Crippen molar-refractivity contribution >= 4 is 5.78 Å². The molecule has 0 spiro atoms. The molecule has 0 atom stereocenters. The molecule has 2 rings (SSSR count). The summed E-state index contributed by atoms with van der Waals surface area (Å²) in [6.45, 7) is 6.50. The van der Waals surface area contributed by atoms with E-state index in [1.54, 1.807) is 30.1 Å². The molecule has 0 amide bonds. The van der Waals surface area contributed by atoms with Gasteiger partial charge in [-0.05, 0) is 26.3 Å². The van der Waals surface area contributed by atoms with Crippen molar-refractivity contribution in [3.05, 3.63) is 41.0 Å². The van der Waals surface area contributed by atoms with Gasteiger partial charge in [0, 0.05) is 18.3 Å². The first kappa shape index (κ1) is 12.4. The van der Waals surface area contributed by atoms with Crippen molar-refractivity contribution in [1.82, 2.24) is 20.0 Å². The molecule has 0 aliphatic heterocycles. The summed E-state index contributed by atoms with van der Waals surface area (Å²) in [5.74, 6) is -0.0483. The van der Waals surface area contributed by atoms with Gasteiger partial charge in [-0.3, -0.25) is 9.48 Å². The second-order valence-electron chi connectivity index (χ2n) is 4.31. The van der Waals surface area contributed by atoms with Crippen LogP contribution in [0.3, 0.4) is 0 Å². The number of rotatable bonds is 4. The number of ketones is 1. The number of nitrogens with zero attached hydrogens (tertiary/aromatic N) is 4. The zero-order valence-corrected chi connectivity index (χ0v) is 10.8. The van der Waals surface area contributed by atoms with Crippen LogP contribution in [-0.2, 0) is 6.54 Å². The van der Waals surface area contributed by atoms with E-state index in [1.165, 1.54) is 0 Å². The van der Waals surface area contributed by atoms with E-state index in [9.17, 15) is 4.79 Å². The topological polar surface area (TPSA) is 60.7 Å². The van der Waals surface area contributed by atoms with E-state index in [0.717, 1.165) is 18.7 Å². The molecule has 94 valence electrons. The standard InChI is InChI=1S/C13H16N4O/c1-4-5-17-8-11(7-14-17)13(18)12-6-9(2)15-16-10(12)3/h6-8H,4-5H2,1-3H3. The zero-order chi connectivity index (χ0) is 13.1. The normalized spacial score (nSPS) is 10.6. The summed E-state index contributed by atoms with van der Waals surface area (Å²) < 4.78 is 1.78. The molecule has 2 aromatic rings. The van der Waals surface area contributed by atoms with Crippen LogP contribution >= 0.6 is 0 Å². The second kappa shape index (κ2) is 5.08. The lowest BCUT2D eigenvalue weighted by atomic mass is 10.1. The average Bonchev–Trinajstić information content (AvgIpc) is 2.80. The van der Waals surface area contributed by atoms with Crippen LogP contribution in [0.1, 0.15) is 40.7 Å². The Kier molecular flexibility index (Phi) is 3.50. The van der Waals surface area contributed by atoms with Crippen molar-refractivity contribution in [3.8, 4) is 0 Å². The molecule has 0 aromatic carbocycles. The van der Waals surface area contributed by atoms with Gasteiger partial charge in [0.2, 0.25) is 0 Å². The van der Waals surface area contributed by atoms with Crippen molar-refractivity contribution < 1.29 is 4.79 Å². The fourth-order valence-corrected chi connectivity index (χ4v) is 1.77. The van der Waals surface area contributed by atoms with Gasteiger partial charge in [0.25, 0.3) is 0 Å². The Bertz CT molecular complexity index is 574. The fraction of sp³-hybridized carbons (Fsp3) is 0.385. The molecular weight excluding hydrogens is 228 g/mol. The van der Waals surface area contributed by atoms with Gasteiger partial charge in [0.15, 0.2) is 5.78 Å². The van der Waals surface area contributed by atoms with Crippen LogP contribution in [0, 0.1) is 13.8 Å². The number of carbonyl (C=O) groups is 1. The van der Waals surface area contributed by atoms with Crippen molar-refractivity contribution in [3.63, 3.8) is 0 Å². The van der Waals surface area contributed by atoms with Crippen LogP contribution < -0.4 is 0 Å². The highest BCUT2D eigenvalue weighted by Crippen LogP contribution is 2.12. The summed E-state index contributed by atoms with van der Waals surface area (Å²) in [4.78, 5) is 12.3. The molecular formula is C13H16N4O. The molecule has 0 saturated heterocycles. The van der Waals surface area contributed by atoms with Gasteiger partial charge in [-0.2, -0.15) is 15.3 Å². The maximum atomic E-state index is 12.3. The summed E-state index contributed by atoms with van der Waals surface area (Å²) >= 11 is 0. The summed E-state index contributed by atoms with van der Waals surface area (Å²) in [5, 5.41) is 12.1. The Labute approximate surface area is 106 Å². The Balaban J connectivity index is 2.32. The Morgan fingerprint density at radius 2 is 2.11 bits per heavy atom. The van der Waals surface area contributed by atoms with E-state index in [1.807, 2.05) is 6.92 Å². The Morgan fingerprint density at radius 3 is 2.83 bits per heavy atom. The largest absolute Gasteiger partial charge is 0.288 e. The molecule has 0 aliphatic rings. The van der Waals surface area contributed by atoms with Gasteiger partial charge in [0.05, 0.1) is 23.1 Å². The van der Waals surface area contributed by atoms with Crippen LogP contribution in [0.25, 0.3) is 0 Å². The Hall–Kier alpha value is -2.04. The van der Waals surface area contributed by atoms with Crippen molar-refractivity contribution in [2.75, 3.05) is 0 Å². The van der Waals surface area contributed by atoms with E-state index < -0.39 is 0 Å². The first-order chi connectivity index (χ1) is 8.61. The van der Waals surface area contributed by atoms with Gasteiger partial charge < -0.3 is 0 Å². The smallest absolute Gasteiger partial charge is 0.198 e. The molecule has 18 heavy (non-hydrogen) atoms. The lowest BCUT2D eigenvalue weighted by Gasteiger charge is -2.02. The van der Waals surface area contributed by atoms with Crippen LogP contribution in [0.15, 0.2) is 18.5 Å². The van der Waals surface area contributed by atoms with E-state index in [4.69, 9.17) is 0 Å². The van der Waals surface area contributed by atoms with Gasteiger partial charge in [-0.15, -0.1) is 0 Å². The van der Waals surface area contributed by atoms with Crippen molar-refractivity contribution in [2.24, 2.45) is 0 Å². The molecule has 5 nitrogen and oxygen atoms in total. The molecule has 0 radical (unpaired) electrons. The molecule has 0 aliphatic carbocycles. The summed E-state index contributed by atoms with van der Waals surface area (Å²) in [7, 11) is 0. The van der Waals surface area contributed by atoms with Crippen LogP contribution in [-0.4, -0.2) is 25.8 Å². The average molecular weight is 244 g/mol. The summed E-state index contributed by atoms with van der Waals surface area (Å²) in [6, 6.07) is 1.77. The zero-order valence-electron chi connectivity index (χ0n) is 10.8. The maximum Gasteiger partial charge on any atom is 0.198 e. The SMILES string of the molecule is CCCn1cc(C(=O)c2cc(C)nnc2C)cn1. The number of aromatic nitrogens is 4. The quantitative estimate of drug-likeness (QED) is 0.771. The number of carbonyl (C=O) groups excluding carboxylic acids is 1. The molecule has 5 heteroatoms. The monoisotopic (exact) mass is 244 g/mol. The predicted molar refractivity (Wildman–Crippen MR) is 67.5 cm³/mol. The lowest BCUT2D eigenvalue weighted by Crippen LogP contribution is -2.06. The molecule has 0 bridgehead atoms. The highest BCUT2D eigenvalue weighted by atomic mass is 16.1. The molecule has 2 aromatic heterocycles. The molecule has 0 N–H and O–H groups in total.